The molecule has 0 aromatic carbocycles. The first-order valence-electron chi connectivity index (χ1n) is 3.08. The number of hydrogen-bond donors (Lipinski definition) is 2. The fourth-order valence-electron chi connectivity index (χ4n) is 0.641. The fraction of sp³-hybridized carbons (Fsp3) is 0.833. The molecule has 0 amide bonds. The highest BCUT2D eigenvalue weighted by atomic mass is 14.6. The van der Waals surface area contributed by atoms with E-state index in [4.69, 9.17) is 11.5 Å². The molecule has 0 saturated heterocycles. The Balaban J connectivity index is 3.07. The zero-order valence-corrected chi connectivity index (χ0v) is 5.48. The van der Waals surface area contributed by atoms with E-state index in [1.165, 1.54) is 5.92 Å². The SMILES string of the molecule is CCC[C](CN)CN. The average molecular weight is 115 g/mol. The van der Waals surface area contributed by atoms with Crippen molar-refractivity contribution in [3.8, 4) is 0 Å². The van der Waals surface area contributed by atoms with E-state index in [1.54, 1.807) is 0 Å². The van der Waals surface area contributed by atoms with Gasteiger partial charge >= 0.3 is 0 Å². The van der Waals surface area contributed by atoms with E-state index in [0.717, 1.165) is 12.8 Å². The molecule has 0 aliphatic heterocycles. The van der Waals surface area contributed by atoms with Gasteiger partial charge in [-0.15, -0.1) is 0 Å². The van der Waals surface area contributed by atoms with Crippen LogP contribution in [0.2, 0.25) is 0 Å². The van der Waals surface area contributed by atoms with Crippen LogP contribution in [-0.4, -0.2) is 13.1 Å². The molecule has 0 aromatic rings. The standard InChI is InChI=1S/C6H15N2/c1-2-3-6(4-7)5-8/h2-5,7-8H2,1H3. The highest BCUT2D eigenvalue weighted by Gasteiger charge is 2.00. The van der Waals surface area contributed by atoms with Crippen LogP contribution in [0.3, 0.4) is 0 Å². The van der Waals surface area contributed by atoms with Gasteiger partial charge in [0.15, 0.2) is 0 Å². The summed E-state index contributed by atoms with van der Waals surface area (Å²) in [4.78, 5) is 0. The van der Waals surface area contributed by atoms with Crippen molar-refractivity contribution in [2.45, 2.75) is 19.8 Å². The third kappa shape index (κ3) is 2.99. The Morgan fingerprint density at radius 1 is 1.25 bits per heavy atom. The molecule has 4 N–H and O–H groups in total. The Labute approximate surface area is 51.2 Å². The molecule has 0 fully saturated rings. The Bertz CT molecular complexity index is 41.8. The van der Waals surface area contributed by atoms with Crippen molar-refractivity contribution < 1.29 is 0 Å². The Kier molecular flexibility index (Phi) is 5.01. The molecule has 0 aromatic heterocycles. The van der Waals surface area contributed by atoms with Gasteiger partial charge in [-0.2, -0.15) is 0 Å². The predicted molar refractivity (Wildman–Crippen MR) is 36.3 cm³/mol. The molecule has 2 nitrogen and oxygen atoms in total. The molecule has 49 valence electrons. The third-order valence-corrected chi connectivity index (χ3v) is 1.18. The minimum Gasteiger partial charge on any atom is -0.330 e. The van der Waals surface area contributed by atoms with Crippen molar-refractivity contribution in [2.24, 2.45) is 11.5 Å². The molecule has 0 spiro atoms. The van der Waals surface area contributed by atoms with Crippen LogP contribution in [0.1, 0.15) is 19.8 Å². The van der Waals surface area contributed by atoms with E-state index in [-0.39, 0.29) is 0 Å². The predicted octanol–water partition coefficient (Wildman–Crippen LogP) is 0.278. The summed E-state index contributed by atoms with van der Waals surface area (Å²) in [6.07, 6.45) is 2.25. The van der Waals surface area contributed by atoms with Gasteiger partial charge in [0, 0.05) is 5.92 Å². The van der Waals surface area contributed by atoms with Gasteiger partial charge in [-0.05, 0) is 19.5 Å². The summed E-state index contributed by atoms with van der Waals surface area (Å²) in [5.41, 5.74) is 10.7. The van der Waals surface area contributed by atoms with Gasteiger partial charge in [0.25, 0.3) is 0 Å². The first kappa shape index (κ1) is 7.92. The molecule has 0 rings (SSSR count). The van der Waals surface area contributed by atoms with Crippen molar-refractivity contribution in [3.63, 3.8) is 0 Å². The van der Waals surface area contributed by atoms with Crippen molar-refractivity contribution in [1.29, 1.82) is 0 Å². The highest BCUT2D eigenvalue weighted by molar-refractivity contribution is 4.90. The molecule has 0 heterocycles. The first-order valence-corrected chi connectivity index (χ1v) is 3.08. The summed E-state index contributed by atoms with van der Waals surface area (Å²) >= 11 is 0. The maximum absolute atomic E-state index is 5.35. The Morgan fingerprint density at radius 3 is 1.88 bits per heavy atom. The van der Waals surface area contributed by atoms with E-state index < -0.39 is 0 Å². The Hall–Kier alpha value is -0.0800. The highest BCUT2D eigenvalue weighted by Crippen LogP contribution is 2.02. The zero-order valence-electron chi connectivity index (χ0n) is 5.48. The van der Waals surface area contributed by atoms with Crippen molar-refractivity contribution in [3.05, 3.63) is 5.92 Å². The van der Waals surface area contributed by atoms with Gasteiger partial charge in [0.1, 0.15) is 0 Å². The largest absolute Gasteiger partial charge is 0.330 e. The third-order valence-electron chi connectivity index (χ3n) is 1.18. The fourth-order valence-corrected chi connectivity index (χ4v) is 0.641. The number of rotatable bonds is 4. The maximum Gasteiger partial charge on any atom is 0.00284 e. The van der Waals surface area contributed by atoms with E-state index in [2.05, 4.69) is 6.92 Å². The zero-order chi connectivity index (χ0) is 6.41. The van der Waals surface area contributed by atoms with Crippen LogP contribution >= 0.6 is 0 Å². The lowest BCUT2D eigenvalue weighted by Gasteiger charge is -2.07. The van der Waals surface area contributed by atoms with Crippen LogP contribution in [0.5, 0.6) is 0 Å². The number of nitrogens with two attached hydrogens (primary N) is 2. The smallest absolute Gasteiger partial charge is 0.00284 e. The van der Waals surface area contributed by atoms with Crippen LogP contribution in [0.15, 0.2) is 0 Å². The van der Waals surface area contributed by atoms with Crippen LogP contribution in [0.4, 0.5) is 0 Å². The molecule has 1 radical (unpaired) electrons. The summed E-state index contributed by atoms with van der Waals surface area (Å²) < 4.78 is 0. The van der Waals surface area contributed by atoms with Gasteiger partial charge in [0.2, 0.25) is 0 Å². The lowest BCUT2D eigenvalue weighted by molar-refractivity contribution is 0.730. The van der Waals surface area contributed by atoms with Crippen molar-refractivity contribution in [2.75, 3.05) is 13.1 Å². The molecule has 0 aliphatic carbocycles. The molecule has 8 heavy (non-hydrogen) atoms. The normalized spacial score (nSPS) is 10.5. The van der Waals surface area contributed by atoms with Crippen LogP contribution in [-0.2, 0) is 0 Å². The van der Waals surface area contributed by atoms with Gasteiger partial charge in [-0.3, -0.25) is 0 Å². The van der Waals surface area contributed by atoms with E-state index in [9.17, 15) is 0 Å². The molecular weight excluding hydrogens is 100 g/mol. The maximum atomic E-state index is 5.35. The molecule has 2 heteroatoms. The first-order chi connectivity index (χ1) is 3.85. The second kappa shape index (κ2) is 5.06. The van der Waals surface area contributed by atoms with Crippen molar-refractivity contribution >= 4 is 0 Å². The summed E-state index contributed by atoms with van der Waals surface area (Å²) in [6, 6.07) is 0. The van der Waals surface area contributed by atoms with Gasteiger partial charge in [-0.25, -0.2) is 0 Å². The second-order valence-corrected chi connectivity index (χ2v) is 1.91. The average Bonchev–Trinajstić information content (AvgIpc) is 1.83. The quantitative estimate of drug-likeness (QED) is 0.553. The molecule has 0 bridgehead atoms. The van der Waals surface area contributed by atoms with E-state index >= 15 is 0 Å². The monoisotopic (exact) mass is 115 g/mol. The molecule has 0 unspecified atom stereocenters. The summed E-state index contributed by atoms with van der Waals surface area (Å²) in [5.74, 6) is 1.27. The minimum atomic E-state index is 0.657. The van der Waals surface area contributed by atoms with Crippen LogP contribution in [0, 0.1) is 5.92 Å². The van der Waals surface area contributed by atoms with Gasteiger partial charge < -0.3 is 11.5 Å². The van der Waals surface area contributed by atoms with Gasteiger partial charge in [-0.1, -0.05) is 13.3 Å². The van der Waals surface area contributed by atoms with Crippen molar-refractivity contribution in [1.82, 2.24) is 0 Å². The topological polar surface area (TPSA) is 52.0 Å². The molecule has 0 aliphatic rings. The summed E-state index contributed by atoms with van der Waals surface area (Å²) in [5, 5.41) is 0. The van der Waals surface area contributed by atoms with Crippen LogP contribution < -0.4 is 11.5 Å². The summed E-state index contributed by atoms with van der Waals surface area (Å²) in [6.45, 7) is 3.44. The van der Waals surface area contributed by atoms with Gasteiger partial charge in [0.05, 0.1) is 0 Å². The lowest BCUT2D eigenvalue weighted by atomic mass is 10.1. The molecular formula is C6H15N2. The molecule has 0 saturated carbocycles. The van der Waals surface area contributed by atoms with Crippen LogP contribution in [0.25, 0.3) is 0 Å². The minimum absolute atomic E-state index is 0.657. The summed E-state index contributed by atoms with van der Waals surface area (Å²) in [7, 11) is 0. The lowest BCUT2D eigenvalue weighted by Crippen LogP contribution is -2.20. The van der Waals surface area contributed by atoms with E-state index in [0.29, 0.717) is 13.1 Å². The second-order valence-electron chi connectivity index (χ2n) is 1.91. The molecule has 0 atom stereocenters. The van der Waals surface area contributed by atoms with E-state index in [1.807, 2.05) is 0 Å². The number of hydrogen-bond acceptors (Lipinski definition) is 2. The Morgan fingerprint density at radius 2 is 1.75 bits per heavy atom.